The highest BCUT2D eigenvalue weighted by atomic mass is 16.6. The number of hydrogen-bond acceptors (Lipinski definition) is 13. The minimum atomic E-state index is -2.54. The van der Waals surface area contributed by atoms with E-state index in [1.807, 2.05) is 6.07 Å². The molecular weight excluding hydrogens is 600 g/mol. The maximum atomic E-state index is 13.0. The molecule has 244 valence electrons. The van der Waals surface area contributed by atoms with E-state index in [4.69, 9.17) is 29.2 Å². The second-order valence-electron chi connectivity index (χ2n) is 11.9. The van der Waals surface area contributed by atoms with E-state index >= 15 is 0 Å². The molecule has 1 fully saturated rings. The van der Waals surface area contributed by atoms with Gasteiger partial charge < -0.3 is 49.2 Å². The SMILES string of the molecule is COc1ccc2c3c1O[C@H]1C(OC(=O)[C@H](O)[C@@H](O)C(=O)O[C@@H](C)C(=O)O[C@H](CC(=O)O)C(=O)O)=CC[C@@]4(O)[C@@H](C2)C(C)CC[C@]314. The number of carbonyl (C=O) groups excluding carboxylic acids is 3. The highest BCUT2D eigenvalue weighted by molar-refractivity contribution is 5.88. The topological polar surface area (TPSA) is 233 Å². The number of methoxy groups -OCH3 is 1. The summed E-state index contributed by atoms with van der Waals surface area (Å²) < 4.78 is 26.6. The summed E-state index contributed by atoms with van der Waals surface area (Å²) in [5.41, 5.74) is -0.436. The Balaban J connectivity index is 1.31. The molecule has 1 spiro atoms. The Hall–Kier alpha value is -4.21. The first-order chi connectivity index (χ1) is 21.2. The predicted molar refractivity (Wildman–Crippen MR) is 146 cm³/mol. The van der Waals surface area contributed by atoms with Crippen molar-refractivity contribution in [1.29, 1.82) is 0 Å². The minimum absolute atomic E-state index is 0.0289. The van der Waals surface area contributed by atoms with Gasteiger partial charge in [-0.1, -0.05) is 13.0 Å². The molecule has 5 N–H and O–H groups in total. The van der Waals surface area contributed by atoms with Crippen molar-refractivity contribution in [3.63, 3.8) is 0 Å². The fraction of sp³-hybridized carbons (Fsp3) is 0.567. The smallest absolute Gasteiger partial charge is 0.348 e. The number of aliphatic carboxylic acids is 2. The third-order valence-corrected chi connectivity index (χ3v) is 9.46. The van der Waals surface area contributed by atoms with Gasteiger partial charge in [-0.15, -0.1) is 0 Å². The molecule has 15 heteroatoms. The number of carboxylic acid groups (broad SMARTS) is 2. The van der Waals surface area contributed by atoms with Crippen LogP contribution in [0.5, 0.6) is 11.5 Å². The van der Waals surface area contributed by atoms with E-state index in [0.717, 1.165) is 24.5 Å². The second kappa shape index (κ2) is 11.6. The maximum absolute atomic E-state index is 13.0. The van der Waals surface area contributed by atoms with E-state index in [-0.39, 0.29) is 24.0 Å². The summed E-state index contributed by atoms with van der Waals surface area (Å²) in [6, 6.07) is 3.72. The summed E-state index contributed by atoms with van der Waals surface area (Å²) in [6.45, 7) is 3.04. The lowest BCUT2D eigenvalue weighted by atomic mass is 9.45. The largest absolute Gasteiger partial charge is 0.493 e. The molecule has 4 aliphatic rings. The standard InChI is InChI=1S/C30H34O15/c1-12-6-8-29-20-14-4-5-16(41-3)23(20)45-24(29)17(7-9-30(29,40)15(12)10-14)43-28(39)22(34)21(33)27(38)42-13(2)26(37)44-18(25(35)36)11-19(31)32/h4-5,7,12-13,15,18,21-22,24,33-34,40H,6,8-11H2,1-3H3,(H,31,32)(H,35,36)/t12?,13-,15-,18+,21+,22+,24-,29-,30+/m0/s1. The van der Waals surface area contributed by atoms with Gasteiger partial charge in [0.05, 0.1) is 24.5 Å². The summed E-state index contributed by atoms with van der Waals surface area (Å²) in [4.78, 5) is 59.6. The van der Waals surface area contributed by atoms with Crippen LogP contribution < -0.4 is 9.47 Å². The zero-order valence-corrected chi connectivity index (χ0v) is 24.6. The zero-order chi connectivity index (χ0) is 33.0. The summed E-state index contributed by atoms with van der Waals surface area (Å²) >= 11 is 0. The summed E-state index contributed by atoms with van der Waals surface area (Å²) in [7, 11) is 1.48. The number of rotatable bonds is 11. The third kappa shape index (κ3) is 5.08. The lowest BCUT2D eigenvalue weighted by molar-refractivity contribution is -0.186. The number of hydrogen-bond donors (Lipinski definition) is 5. The van der Waals surface area contributed by atoms with E-state index in [1.54, 1.807) is 6.07 Å². The van der Waals surface area contributed by atoms with E-state index in [0.29, 0.717) is 24.3 Å². The predicted octanol–water partition coefficient (Wildman–Crippen LogP) is -0.0173. The number of carbonyl (C=O) groups is 5. The summed E-state index contributed by atoms with van der Waals surface area (Å²) in [6.07, 6.45) is -7.48. The summed E-state index contributed by atoms with van der Waals surface area (Å²) in [5.74, 6) is -6.93. The molecule has 15 nitrogen and oxygen atoms in total. The van der Waals surface area contributed by atoms with Gasteiger partial charge in [-0.05, 0) is 62.1 Å². The van der Waals surface area contributed by atoms with Crippen LogP contribution in [0.2, 0.25) is 0 Å². The van der Waals surface area contributed by atoms with Crippen LogP contribution >= 0.6 is 0 Å². The van der Waals surface area contributed by atoms with Crippen LogP contribution in [-0.4, -0.2) is 98.6 Å². The number of aliphatic hydroxyl groups excluding tert-OH is 2. The Morgan fingerprint density at radius 1 is 1.04 bits per heavy atom. The van der Waals surface area contributed by atoms with Gasteiger partial charge in [0.25, 0.3) is 0 Å². The van der Waals surface area contributed by atoms with Crippen molar-refractivity contribution in [2.75, 3.05) is 7.11 Å². The molecule has 1 aromatic carbocycles. The number of benzene rings is 1. The molecule has 0 saturated heterocycles. The Labute approximate surface area is 256 Å². The molecule has 0 aromatic heterocycles. The molecule has 1 unspecified atom stereocenters. The van der Waals surface area contributed by atoms with Crippen LogP contribution in [0, 0.1) is 11.8 Å². The molecule has 3 aliphatic carbocycles. The molecule has 9 atom stereocenters. The lowest BCUT2D eigenvalue weighted by Crippen LogP contribution is -2.69. The van der Waals surface area contributed by atoms with Gasteiger partial charge in [-0.2, -0.15) is 0 Å². The molecule has 1 aromatic rings. The average Bonchev–Trinajstić information content (AvgIpc) is 3.34. The summed E-state index contributed by atoms with van der Waals surface area (Å²) in [5, 5.41) is 50.9. The van der Waals surface area contributed by atoms with Crippen LogP contribution in [0.15, 0.2) is 24.0 Å². The third-order valence-electron chi connectivity index (χ3n) is 9.46. The number of aliphatic hydroxyl groups is 3. The molecule has 2 bridgehead atoms. The van der Waals surface area contributed by atoms with Crippen LogP contribution in [0.1, 0.15) is 50.7 Å². The molecule has 1 saturated carbocycles. The number of ether oxygens (including phenoxy) is 5. The van der Waals surface area contributed by atoms with Crippen molar-refractivity contribution in [3.8, 4) is 11.5 Å². The monoisotopic (exact) mass is 634 g/mol. The second-order valence-corrected chi connectivity index (χ2v) is 11.9. The van der Waals surface area contributed by atoms with Gasteiger partial charge in [0.1, 0.15) is 5.76 Å². The molecule has 45 heavy (non-hydrogen) atoms. The van der Waals surface area contributed by atoms with E-state index in [1.165, 1.54) is 13.2 Å². The fourth-order valence-corrected chi connectivity index (χ4v) is 7.27. The van der Waals surface area contributed by atoms with E-state index in [2.05, 4.69) is 11.7 Å². The fourth-order valence-electron chi connectivity index (χ4n) is 7.27. The Morgan fingerprint density at radius 3 is 2.38 bits per heavy atom. The first-order valence-corrected chi connectivity index (χ1v) is 14.4. The number of esters is 3. The van der Waals surface area contributed by atoms with Crippen LogP contribution in [0.25, 0.3) is 0 Å². The Morgan fingerprint density at radius 2 is 1.73 bits per heavy atom. The van der Waals surface area contributed by atoms with Crippen molar-refractivity contribution in [3.05, 3.63) is 35.1 Å². The maximum Gasteiger partial charge on any atom is 0.348 e. The van der Waals surface area contributed by atoms with Crippen molar-refractivity contribution >= 4 is 29.8 Å². The molecule has 1 heterocycles. The average molecular weight is 635 g/mol. The van der Waals surface area contributed by atoms with Crippen molar-refractivity contribution in [2.45, 2.75) is 87.5 Å². The Kier molecular flexibility index (Phi) is 8.31. The number of carboxylic acids is 2. The van der Waals surface area contributed by atoms with Gasteiger partial charge in [0, 0.05) is 5.56 Å². The van der Waals surface area contributed by atoms with Crippen LogP contribution in [0.3, 0.4) is 0 Å². The molecule has 0 amide bonds. The first kappa shape index (κ1) is 32.2. The highest BCUT2D eigenvalue weighted by Crippen LogP contribution is 2.68. The first-order valence-electron chi connectivity index (χ1n) is 14.4. The van der Waals surface area contributed by atoms with Gasteiger partial charge >= 0.3 is 29.8 Å². The Bertz CT molecular complexity index is 1470. The van der Waals surface area contributed by atoms with Gasteiger partial charge in [-0.3, -0.25) is 4.79 Å². The lowest BCUT2D eigenvalue weighted by Gasteiger charge is -2.61. The highest BCUT2D eigenvalue weighted by Gasteiger charge is 2.72. The molecule has 0 radical (unpaired) electrons. The van der Waals surface area contributed by atoms with Crippen molar-refractivity contribution in [1.82, 2.24) is 0 Å². The minimum Gasteiger partial charge on any atom is -0.493 e. The normalized spacial score (nSPS) is 29.8. The molecule has 5 rings (SSSR count). The van der Waals surface area contributed by atoms with Gasteiger partial charge in [0.15, 0.2) is 35.9 Å². The van der Waals surface area contributed by atoms with Crippen molar-refractivity contribution < 1.29 is 73.2 Å². The van der Waals surface area contributed by atoms with Gasteiger partial charge in [-0.25, -0.2) is 19.2 Å². The van der Waals surface area contributed by atoms with Crippen LogP contribution in [0.4, 0.5) is 0 Å². The molecular formula is C30H34O15. The van der Waals surface area contributed by atoms with Gasteiger partial charge in [0.2, 0.25) is 6.10 Å². The van der Waals surface area contributed by atoms with E-state index < -0.39 is 77.8 Å². The van der Waals surface area contributed by atoms with Crippen LogP contribution in [-0.2, 0) is 50.0 Å². The zero-order valence-electron chi connectivity index (χ0n) is 24.6. The van der Waals surface area contributed by atoms with E-state index in [9.17, 15) is 39.3 Å². The van der Waals surface area contributed by atoms with Crippen molar-refractivity contribution in [2.24, 2.45) is 11.8 Å². The molecule has 1 aliphatic heterocycles. The quantitative estimate of drug-likeness (QED) is 0.159.